The van der Waals surface area contributed by atoms with E-state index in [4.69, 9.17) is 18.9 Å². The normalized spacial score (nSPS) is 10.7. The number of nitrogens with one attached hydrogen (secondary N) is 1. The highest BCUT2D eigenvalue weighted by Gasteiger charge is 2.15. The summed E-state index contributed by atoms with van der Waals surface area (Å²) in [7, 11) is 1.55. The summed E-state index contributed by atoms with van der Waals surface area (Å²) in [6.45, 7) is 5.68. The number of alkyl carbamates (subject to hydrolysis) is 1. The van der Waals surface area contributed by atoms with Crippen molar-refractivity contribution in [3.8, 4) is 17.2 Å². The van der Waals surface area contributed by atoms with Gasteiger partial charge in [0.25, 0.3) is 0 Å². The molecule has 7 heteroatoms. The van der Waals surface area contributed by atoms with Crippen molar-refractivity contribution in [1.82, 2.24) is 5.32 Å². The molecule has 0 radical (unpaired) electrons. The minimum Gasteiger partial charge on any atom is -0.497 e. The van der Waals surface area contributed by atoms with E-state index in [-0.39, 0.29) is 0 Å². The zero-order valence-electron chi connectivity index (χ0n) is 15.8. The van der Waals surface area contributed by atoms with E-state index in [0.717, 1.165) is 5.56 Å². The Morgan fingerprint density at radius 3 is 1.81 bits per heavy atom. The highest BCUT2D eigenvalue weighted by atomic mass is 16.7. The predicted molar refractivity (Wildman–Crippen MR) is 99.2 cm³/mol. The van der Waals surface area contributed by atoms with Gasteiger partial charge in [-0.25, -0.2) is 9.59 Å². The average Bonchev–Trinajstić information content (AvgIpc) is 2.60. The van der Waals surface area contributed by atoms with Gasteiger partial charge in [0.05, 0.1) is 7.11 Å². The number of carbonyl (C=O) groups is 2. The molecule has 0 aliphatic carbocycles. The van der Waals surface area contributed by atoms with Gasteiger partial charge in [-0.1, -0.05) is 12.1 Å². The molecule has 7 nitrogen and oxygen atoms in total. The molecule has 2 rings (SSSR count). The summed E-state index contributed by atoms with van der Waals surface area (Å²) in [5, 5.41) is 2.65. The lowest BCUT2D eigenvalue weighted by Gasteiger charge is -2.19. The number of amides is 1. The van der Waals surface area contributed by atoms with Gasteiger partial charge in [-0.3, -0.25) is 0 Å². The van der Waals surface area contributed by atoms with Crippen LogP contribution in [0.3, 0.4) is 0 Å². The average molecular weight is 373 g/mol. The van der Waals surface area contributed by atoms with E-state index in [0.29, 0.717) is 23.8 Å². The van der Waals surface area contributed by atoms with E-state index in [2.05, 4.69) is 5.32 Å². The fourth-order valence-corrected chi connectivity index (χ4v) is 2.02. The highest BCUT2D eigenvalue weighted by Crippen LogP contribution is 2.19. The molecular formula is C20H23NO6. The van der Waals surface area contributed by atoms with E-state index in [1.807, 2.05) is 0 Å². The SMILES string of the molecule is COc1ccc(OC(=O)Oc2ccc(CNC(=O)OC(C)(C)C)cc2)cc1. The summed E-state index contributed by atoms with van der Waals surface area (Å²) in [5.41, 5.74) is 0.281. The largest absolute Gasteiger partial charge is 0.519 e. The third-order valence-corrected chi connectivity index (χ3v) is 3.22. The molecule has 0 saturated heterocycles. The molecule has 0 spiro atoms. The Balaban J connectivity index is 1.82. The minimum absolute atomic E-state index is 0.297. The first-order valence-corrected chi connectivity index (χ1v) is 8.35. The van der Waals surface area contributed by atoms with Crippen LogP contribution in [-0.2, 0) is 11.3 Å². The summed E-state index contributed by atoms with van der Waals surface area (Å²) in [4.78, 5) is 23.5. The molecule has 0 aromatic heterocycles. The second-order valence-corrected chi connectivity index (χ2v) is 6.63. The zero-order valence-corrected chi connectivity index (χ0v) is 15.8. The van der Waals surface area contributed by atoms with Crippen molar-refractivity contribution < 1.29 is 28.5 Å². The number of carbonyl (C=O) groups excluding carboxylic acids is 2. The highest BCUT2D eigenvalue weighted by molar-refractivity contribution is 5.68. The Bertz CT molecular complexity index is 763. The molecular weight excluding hydrogens is 350 g/mol. The fourth-order valence-electron chi connectivity index (χ4n) is 2.02. The van der Waals surface area contributed by atoms with Crippen LogP contribution < -0.4 is 19.5 Å². The van der Waals surface area contributed by atoms with Crippen LogP contribution in [0.15, 0.2) is 48.5 Å². The first-order chi connectivity index (χ1) is 12.7. The van der Waals surface area contributed by atoms with Gasteiger partial charge in [-0.15, -0.1) is 0 Å². The third kappa shape index (κ3) is 7.27. The standard InChI is InChI=1S/C20H23NO6/c1-20(2,3)27-18(22)21-13-14-5-7-16(8-6-14)25-19(23)26-17-11-9-15(24-4)10-12-17/h5-12H,13H2,1-4H3,(H,21,22). The topological polar surface area (TPSA) is 83.1 Å². The van der Waals surface area contributed by atoms with Crippen LogP contribution in [0.4, 0.5) is 9.59 Å². The molecule has 0 saturated carbocycles. The Morgan fingerprint density at radius 1 is 0.852 bits per heavy atom. The summed E-state index contributed by atoms with van der Waals surface area (Å²) in [5.74, 6) is 1.33. The molecule has 27 heavy (non-hydrogen) atoms. The predicted octanol–water partition coefficient (Wildman–Crippen LogP) is 4.30. The molecule has 1 amide bonds. The quantitative estimate of drug-likeness (QED) is 0.621. The van der Waals surface area contributed by atoms with Crippen molar-refractivity contribution >= 4 is 12.2 Å². The van der Waals surface area contributed by atoms with Crippen molar-refractivity contribution in [2.75, 3.05) is 7.11 Å². The Hall–Kier alpha value is -3.22. The van der Waals surface area contributed by atoms with Crippen LogP contribution in [0.5, 0.6) is 17.2 Å². The fraction of sp³-hybridized carbons (Fsp3) is 0.300. The van der Waals surface area contributed by atoms with Gasteiger partial charge >= 0.3 is 12.2 Å². The van der Waals surface area contributed by atoms with Crippen LogP contribution in [0.1, 0.15) is 26.3 Å². The smallest absolute Gasteiger partial charge is 0.497 e. The monoisotopic (exact) mass is 373 g/mol. The number of rotatable bonds is 5. The Labute approximate surface area is 158 Å². The first-order valence-electron chi connectivity index (χ1n) is 8.35. The molecule has 0 unspecified atom stereocenters. The third-order valence-electron chi connectivity index (χ3n) is 3.22. The Kier molecular flexibility index (Phi) is 6.65. The Morgan fingerprint density at radius 2 is 1.33 bits per heavy atom. The molecule has 0 heterocycles. The van der Waals surface area contributed by atoms with Crippen molar-refractivity contribution in [3.63, 3.8) is 0 Å². The van der Waals surface area contributed by atoms with Crippen molar-refractivity contribution in [2.24, 2.45) is 0 Å². The van der Waals surface area contributed by atoms with Crippen molar-refractivity contribution in [2.45, 2.75) is 32.9 Å². The summed E-state index contributed by atoms with van der Waals surface area (Å²) in [6, 6.07) is 13.2. The maximum absolute atomic E-state index is 11.8. The maximum Gasteiger partial charge on any atom is 0.519 e. The van der Waals surface area contributed by atoms with Gasteiger partial charge < -0.3 is 24.3 Å². The molecule has 0 fully saturated rings. The van der Waals surface area contributed by atoms with E-state index in [1.54, 1.807) is 76.4 Å². The van der Waals surface area contributed by atoms with Gasteiger partial charge in [0, 0.05) is 6.54 Å². The number of ether oxygens (including phenoxy) is 4. The maximum atomic E-state index is 11.8. The van der Waals surface area contributed by atoms with E-state index in [9.17, 15) is 9.59 Å². The lowest BCUT2D eigenvalue weighted by molar-refractivity contribution is 0.0523. The van der Waals surface area contributed by atoms with Crippen molar-refractivity contribution in [3.05, 3.63) is 54.1 Å². The number of methoxy groups -OCH3 is 1. The lowest BCUT2D eigenvalue weighted by Crippen LogP contribution is -2.32. The van der Waals surface area contributed by atoms with Crippen LogP contribution in [-0.4, -0.2) is 25.0 Å². The number of benzene rings is 2. The van der Waals surface area contributed by atoms with Gasteiger partial charge in [0.2, 0.25) is 0 Å². The van der Waals surface area contributed by atoms with Gasteiger partial charge in [-0.2, -0.15) is 0 Å². The summed E-state index contributed by atoms with van der Waals surface area (Å²) >= 11 is 0. The minimum atomic E-state index is -0.847. The van der Waals surface area contributed by atoms with E-state index >= 15 is 0 Å². The van der Waals surface area contributed by atoms with Crippen LogP contribution in [0.25, 0.3) is 0 Å². The number of hydrogen-bond acceptors (Lipinski definition) is 6. The molecule has 1 N–H and O–H groups in total. The second kappa shape index (κ2) is 8.93. The number of hydrogen-bond donors (Lipinski definition) is 1. The zero-order chi connectivity index (χ0) is 19.9. The molecule has 0 aliphatic rings. The molecule has 0 atom stereocenters. The van der Waals surface area contributed by atoms with E-state index in [1.165, 1.54) is 0 Å². The molecule has 2 aromatic carbocycles. The molecule has 144 valence electrons. The summed E-state index contributed by atoms with van der Waals surface area (Å²) < 4.78 is 20.4. The van der Waals surface area contributed by atoms with Gasteiger partial charge in [0.15, 0.2) is 0 Å². The lowest BCUT2D eigenvalue weighted by atomic mass is 10.2. The second-order valence-electron chi connectivity index (χ2n) is 6.63. The van der Waals surface area contributed by atoms with Crippen LogP contribution >= 0.6 is 0 Å². The van der Waals surface area contributed by atoms with Gasteiger partial charge in [-0.05, 0) is 62.7 Å². The van der Waals surface area contributed by atoms with Crippen molar-refractivity contribution in [1.29, 1.82) is 0 Å². The molecule has 2 aromatic rings. The molecule has 0 bridgehead atoms. The molecule has 0 aliphatic heterocycles. The van der Waals surface area contributed by atoms with Gasteiger partial charge in [0.1, 0.15) is 22.8 Å². The van der Waals surface area contributed by atoms with Crippen LogP contribution in [0, 0.1) is 0 Å². The van der Waals surface area contributed by atoms with Crippen LogP contribution in [0.2, 0.25) is 0 Å². The van der Waals surface area contributed by atoms with E-state index < -0.39 is 17.8 Å². The first kappa shape index (κ1) is 20.1. The summed E-state index contributed by atoms with van der Waals surface area (Å²) in [6.07, 6.45) is -1.34.